The molecule has 3 nitrogen and oxygen atoms in total. The van der Waals surface area contributed by atoms with Crippen LogP contribution in [0.25, 0.3) is 5.69 Å². The quantitative estimate of drug-likeness (QED) is 0.878. The Labute approximate surface area is 129 Å². The Morgan fingerprint density at radius 2 is 2.10 bits per heavy atom. The molecule has 0 aliphatic rings. The highest BCUT2D eigenvalue weighted by molar-refractivity contribution is 9.10. The van der Waals surface area contributed by atoms with Gasteiger partial charge in [0.2, 0.25) is 0 Å². The van der Waals surface area contributed by atoms with Crippen molar-refractivity contribution >= 4 is 15.9 Å². The molecule has 2 aromatic rings. The van der Waals surface area contributed by atoms with Gasteiger partial charge in [0.25, 0.3) is 0 Å². The molecule has 0 saturated heterocycles. The summed E-state index contributed by atoms with van der Waals surface area (Å²) >= 11 is 3.39. The van der Waals surface area contributed by atoms with Crippen LogP contribution in [-0.4, -0.2) is 16.3 Å². The van der Waals surface area contributed by atoms with E-state index in [-0.39, 0.29) is 6.04 Å². The highest BCUT2D eigenvalue weighted by Gasteiger charge is 2.32. The molecule has 0 saturated carbocycles. The second kappa shape index (κ2) is 6.19. The molecule has 0 amide bonds. The van der Waals surface area contributed by atoms with Gasteiger partial charge in [0.05, 0.1) is 17.4 Å². The molecular weight excluding hydrogens is 347 g/mol. The summed E-state index contributed by atoms with van der Waals surface area (Å²) in [7, 11) is 0. The number of aromatic nitrogens is 2. The monoisotopic (exact) mass is 361 g/mol. The first-order valence-electron chi connectivity index (χ1n) is 6.48. The van der Waals surface area contributed by atoms with Gasteiger partial charge < -0.3 is 5.32 Å². The van der Waals surface area contributed by atoms with E-state index in [9.17, 15) is 13.2 Å². The number of hydrogen-bond acceptors (Lipinski definition) is 2. The first-order valence-corrected chi connectivity index (χ1v) is 7.27. The molecule has 1 atom stereocenters. The van der Waals surface area contributed by atoms with E-state index in [4.69, 9.17) is 0 Å². The van der Waals surface area contributed by atoms with Crippen molar-refractivity contribution in [1.82, 2.24) is 15.1 Å². The number of alkyl halides is 3. The summed E-state index contributed by atoms with van der Waals surface area (Å²) in [6, 6.07) is 5.68. The molecule has 114 valence electrons. The standard InChI is InChI=1S/C14H15BrF3N3/c1-3-19-9(2)10-4-5-13(12(15)6-10)21-8-11(7-20-21)14(16,17)18/h4-9,19H,3H2,1-2H3. The number of hydrogen-bond donors (Lipinski definition) is 1. The van der Waals surface area contributed by atoms with Crippen molar-refractivity contribution in [3.8, 4) is 5.69 Å². The van der Waals surface area contributed by atoms with Crippen molar-refractivity contribution in [3.05, 3.63) is 46.2 Å². The third-order valence-electron chi connectivity index (χ3n) is 3.14. The summed E-state index contributed by atoms with van der Waals surface area (Å²) in [5.41, 5.74) is 0.855. The Morgan fingerprint density at radius 1 is 1.38 bits per heavy atom. The van der Waals surface area contributed by atoms with Crippen molar-refractivity contribution in [1.29, 1.82) is 0 Å². The van der Waals surface area contributed by atoms with E-state index < -0.39 is 11.7 Å². The highest BCUT2D eigenvalue weighted by Crippen LogP contribution is 2.31. The van der Waals surface area contributed by atoms with Crippen LogP contribution in [0, 0.1) is 0 Å². The van der Waals surface area contributed by atoms with E-state index in [1.54, 1.807) is 6.07 Å². The number of rotatable bonds is 4. The number of nitrogens with one attached hydrogen (secondary N) is 1. The molecule has 1 N–H and O–H groups in total. The Kier molecular flexibility index (Phi) is 4.73. The van der Waals surface area contributed by atoms with Gasteiger partial charge in [-0.05, 0) is 47.1 Å². The van der Waals surface area contributed by atoms with Crippen molar-refractivity contribution in [2.75, 3.05) is 6.54 Å². The van der Waals surface area contributed by atoms with Crippen LogP contribution in [0.5, 0.6) is 0 Å². The third-order valence-corrected chi connectivity index (χ3v) is 3.77. The average molecular weight is 362 g/mol. The van der Waals surface area contributed by atoms with E-state index in [2.05, 4.69) is 26.3 Å². The molecule has 7 heteroatoms. The van der Waals surface area contributed by atoms with Crippen LogP contribution in [0.3, 0.4) is 0 Å². The summed E-state index contributed by atoms with van der Waals surface area (Å²) in [5, 5.41) is 7.06. The normalized spacial score (nSPS) is 13.4. The number of benzene rings is 1. The smallest absolute Gasteiger partial charge is 0.310 e. The van der Waals surface area contributed by atoms with Gasteiger partial charge in [-0.1, -0.05) is 13.0 Å². The summed E-state index contributed by atoms with van der Waals surface area (Å²) < 4.78 is 39.7. The van der Waals surface area contributed by atoms with Gasteiger partial charge in [-0.25, -0.2) is 4.68 Å². The second-order valence-electron chi connectivity index (χ2n) is 4.66. The molecule has 1 unspecified atom stereocenters. The zero-order valence-corrected chi connectivity index (χ0v) is 13.2. The maximum Gasteiger partial charge on any atom is 0.419 e. The maximum absolute atomic E-state index is 12.6. The molecule has 0 aliphatic carbocycles. The van der Waals surface area contributed by atoms with Crippen molar-refractivity contribution in [2.24, 2.45) is 0 Å². The molecule has 0 fully saturated rings. The Balaban J connectivity index is 2.31. The van der Waals surface area contributed by atoms with Gasteiger partial charge in [-0.15, -0.1) is 0 Å². The van der Waals surface area contributed by atoms with Crippen molar-refractivity contribution in [3.63, 3.8) is 0 Å². The fourth-order valence-electron chi connectivity index (χ4n) is 2.00. The topological polar surface area (TPSA) is 29.9 Å². The SMILES string of the molecule is CCNC(C)c1ccc(-n2cc(C(F)(F)F)cn2)c(Br)c1. The Bertz CT molecular complexity index is 622. The fraction of sp³-hybridized carbons (Fsp3) is 0.357. The van der Waals surface area contributed by atoms with Crippen LogP contribution < -0.4 is 5.32 Å². The molecule has 0 spiro atoms. The van der Waals surface area contributed by atoms with Gasteiger partial charge in [0, 0.05) is 16.7 Å². The van der Waals surface area contributed by atoms with Crippen LogP contribution in [0.4, 0.5) is 13.2 Å². The molecule has 1 heterocycles. The molecule has 0 bridgehead atoms. The first-order chi connectivity index (χ1) is 9.82. The van der Waals surface area contributed by atoms with Gasteiger partial charge in [-0.2, -0.15) is 18.3 Å². The summed E-state index contributed by atoms with van der Waals surface area (Å²) in [6.45, 7) is 4.89. The first kappa shape index (κ1) is 16.0. The zero-order chi connectivity index (χ0) is 15.6. The van der Waals surface area contributed by atoms with Crippen LogP contribution >= 0.6 is 15.9 Å². The van der Waals surface area contributed by atoms with Crippen LogP contribution in [0.2, 0.25) is 0 Å². The van der Waals surface area contributed by atoms with Crippen LogP contribution in [0.15, 0.2) is 35.1 Å². The molecule has 2 rings (SSSR count). The summed E-state index contributed by atoms with van der Waals surface area (Å²) in [5.74, 6) is 0. The summed E-state index contributed by atoms with van der Waals surface area (Å²) in [6.07, 6.45) is -2.58. The predicted molar refractivity (Wildman–Crippen MR) is 78.4 cm³/mol. The minimum Gasteiger partial charge on any atom is -0.310 e. The zero-order valence-electron chi connectivity index (χ0n) is 11.6. The molecule has 1 aromatic carbocycles. The Morgan fingerprint density at radius 3 is 2.62 bits per heavy atom. The van der Waals surface area contributed by atoms with E-state index in [1.165, 1.54) is 4.68 Å². The number of halogens is 4. The lowest BCUT2D eigenvalue weighted by Gasteiger charge is -2.14. The molecule has 1 aromatic heterocycles. The van der Waals surface area contributed by atoms with Gasteiger partial charge in [0.1, 0.15) is 0 Å². The minimum atomic E-state index is -4.38. The molecule has 0 radical (unpaired) electrons. The fourth-order valence-corrected chi connectivity index (χ4v) is 2.58. The van der Waals surface area contributed by atoms with Gasteiger partial charge in [0.15, 0.2) is 0 Å². The number of nitrogens with zero attached hydrogens (tertiary/aromatic N) is 2. The largest absolute Gasteiger partial charge is 0.419 e. The summed E-state index contributed by atoms with van der Waals surface area (Å²) in [4.78, 5) is 0. The van der Waals surface area contributed by atoms with Gasteiger partial charge in [-0.3, -0.25) is 0 Å². The lowest BCUT2D eigenvalue weighted by atomic mass is 10.1. The van der Waals surface area contributed by atoms with Crippen LogP contribution in [-0.2, 0) is 6.18 Å². The highest BCUT2D eigenvalue weighted by atomic mass is 79.9. The van der Waals surface area contributed by atoms with E-state index >= 15 is 0 Å². The van der Waals surface area contributed by atoms with Crippen molar-refractivity contribution < 1.29 is 13.2 Å². The predicted octanol–water partition coefficient (Wildman–Crippen LogP) is 4.32. The van der Waals surface area contributed by atoms with Crippen LogP contribution in [0.1, 0.15) is 31.0 Å². The van der Waals surface area contributed by atoms with E-state index in [0.29, 0.717) is 10.2 Å². The molecular formula is C14H15BrF3N3. The van der Waals surface area contributed by atoms with E-state index in [1.807, 2.05) is 26.0 Å². The lowest BCUT2D eigenvalue weighted by Crippen LogP contribution is -2.17. The maximum atomic E-state index is 12.6. The molecule has 21 heavy (non-hydrogen) atoms. The molecule has 0 aliphatic heterocycles. The minimum absolute atomic E-state index is 0.170. The average Bonchev–Trinajstić information content (AvgIpc) is 2.88. The Hall–Kier alpha value is -1.34. The third kappa shape index (κ3) is 3.65. The second-order valence-corrected chi connectivity index (χ2v) is 5.52. The van der Waals surface area contributed by atoms with Gasteiger partial charge >= 0.3 is 6.18 Å². The lowest BCUT2D eigenvalue weighted by molar-refractivity contribution is -0.137. The van der Waals surface area contributed by atoms with E-state index in [0.717, 1.165) is 24.5 Å². The van der Waals surface area contributed by atoms with Crippen molar-refractivity contribution in [2.45, 2.75) is 26.1 Å².